The number of benzene rings is 2. The lowest BCUT2D eigenvalue weighted by Crippen LogP contribution is -3.00. The molecule has 1 heterocycles. The van der Waals surface area contributed by atoms with E-state index >= 15 is 0 Å². The minimum atomic E-state index is -0.486. The van der Waals surface area contributed by atoms with Gasteiger partial charge < -0.3 is 53.9 Å². The molecule has 0 aliphatic rings. The summed E-state index contributed by atoms with van der Waals surface area (Å²) in [7, 11) is 6.24. The molecule has 0 bridgehead atoms. The second-order valence-corrected chi connectivity index (χ2v) is 8.67. The van der Waals surface area contributed by atoms with Crippen molar-refractivity contribution in [1.82, 2.24) is 4.37 Å². The number of nitrogens with zero attached hydrogens (tertiary/aromatic N) is 2. The molecule has 0 radical (unpaired) electrons. The summed E-state index contributed by atoms with van der Waals surface area (Å²) in [5.74, 6) is 1.89. The third-order valence-corrected chi connectivity index (χ3v) is 6.28. The molecule has 0 saturated carbocycles. The Morgan fingerprint density at radius 2 is 1.68 bits per heavy atom. The van der Waals surface area contributed by atoms with Gasteiger partial charge in [-0.2, -0.15) is 4.37 Å². The first-order chi connectivity index (χ1) is 17.8. The normalized spacial score (nSPS) is 11.1. The largest absolute Gasteiger partial charge is 1.00 e. The molecule has 0 saturated heterocycles. The highest BCUT2D eigenvalue weighted by atomic mass is 35.5. The van der Waals surface area contributed by atoms with Gasteiger partial charge in [-0.1, -0.05) is 6.07 Å². The maximum absolute atomic E-state index is 12.8. The molecule has 1 atom stereocenters. The van der Waals surface area contributed by atoms with Crippen LogP contribution in [0.25, 0.3) is 22.4 Å². The van der Waals surface area contributed by atoms with E-state index in [1.807, 2.05) is 29.6 Å². The second kappa shape index (κ2) is 14.3. The van der Waals surface area contributed by atoms with Crippen LogP contribution in [0.3, 0.4) is 0 Å². The van der Waals surface area contributed by atoms with E-state index in [9.17, 15) is 4.79 Å². The van der Waals surface area contributed by atoms with E-state index in [4.69, 9.17) is 30.4 Å². The van der Waals surface area contributed by atoms with Crippen LogP contribution < -0.4 is 53.9 Å². The number of carbonyl (C=O) groups excluding carboxylic acids is 1. The molecular weight excluding hydrogens is 532 g/mol. The first kappa shape index (κ1) is 30.5. The van der Waals surface area contributed by atoms with E-state index in [2.05, 4.69) is 20.4 Å². The molecule has 0 aliphatic heterocycles. The fourth-order valence-corrected chi connectivity index (χ4v) is 4.47. The van der Waals surface area contributed by atoms with Crippen LogP contribution in [0.2, 0.25) is 0 Å². The van der Waals surface area contributed by atoms with Crippen molar-refractivity contribution in [2.75, 3.05) is 40.3 Å². The summed E-state index contributed by atoms with van der Waals surface area (Å²) >= 11 is 1.32. The Labute approximate surface area is 231 Å². The Balaban J connectivity index is 0.00000507. The third-order valence-electron chi connectivity index (χ3n) is 5.65. The molecule has 3 aromatic rings. The van der Waals surface area contributed by atoms with Crippen molar-refractivity contribution in [1.29, 1.82) is 0 Å². The van der Waals surface area contributed by atoms with E-state index in [0.29, 0.717) is 48.1 Å². The zero-order valence-corrected chi connectivity index (χ0v) is 23.3. The van der Waals surface area contributed by atoms with E-state index in [-0.39, 0.29) is 24.3 Å². The monoisotopic (exact) mass is 564 g/mol. The molecule has 0 unspecified atom stereocenters. The number of anilines is 1. The Hall–Kier alpha value is -3.74. The number of guanidine groups is 1. The maximum atomic E-state index is 12.8. The fraction of sp³-hybridized carbons (Fsp3) is 0.320. The average Bonchev–Trinajstić information content (AvgIpc) is 3.40. The highest BCUT2D eigenvalue weighted by Gasteiger charge is 2.21. The number of methoxy groups -OCH3 is 4. The van der Waals surface area contributed by atoms with Crippen molar-refractivity contribution < 1.29 is 41.9 Å². The maximum Gasteiger partial charge on any atom is 0.282 e. The Morgan fingerprint density at radius 1 is 1.03 bits per heavy atom. The van der Waals surface area contributed by atoms with Gasteiger partial charge in [-0.05, 0) is 47.8 Å². The van der Waals surface area contributed by atoms with Gasteiger partial charge in [0.1, 0.15) is 5.75 Å². The van der Waals surface area contributed by atoms with E-state index in [1.54, 1.807) is 34.5 Å². The van der Waals surface area contributed by atoms with Crippen LogP contribution in [0.15, 0.2) is 40.7 Å². The Kier molecular flexibility index (Phi) is 11.4. The molecule has 11 nitrogen and oxygen atoms in total. The lowest BCUT2D eigenvalue weighted by Gasteiger charge is -2.15. The molecule has 2 aromatic carbocycles. The number of aliphatic imine (C=N–C) groups is 1. The average molecular weight is 565 g/mol. The first-order valence-corrected chi connectivity index (χ1v) is 12.3. The van der Waals surface area contributed by atoms with Crippen molar-refractivity contribution in [3.05, 3.63) is 35.7 Å². The fourth-order valence-electron chi connectivity index (χ4n) is 3.75. The number of ether oxygens (including phenoxy) is 4. The van der Waals surface area contributed by atoms with Crippen molar-refractivity contribution in [2.24, 2.45) is 16.5 Å². The third kappa shape index (κ3) is 7.18. The van der Waals surface area contributed by atoms with Gasteiger partial charge in [0.2, 0.25) is 5.75 Å². The summed E-state index contributed by atoms with van der Waals surface area (Å²) in [5, 5.41) is 4.88. The summed E-state index contributed by atoms with van der Waals surface area (Å²) in [6.45, 7) is 0.440. The summed E-state index contributed by atoms with van der Waals surface area (Å²) in [6.07, 6.45) is 1.17. The number of nitrogens with one attached hydrogen (secondary N) is 1. The number of rotatable bonds is 12. The van der Waals surface area contributed by atoms with Crippen molar-refractivity contribution >= 4 is 29.1 Å². The molecule has 38 heavy (non-hydrogen) atoms. The SMILES string of the molecule is COc1ccc(-c2csnc2-c2cc(OC)c(OC)c(OC)c2)cc1NC(=O)[C@@H]([NH3+])CCCN=C(N)N.[Cl-]. The summed E-state index contributed by atoms with van der Waals surface area (Å²) < 4.78 is 26.6. The van der Waals surface area contributed by atoms with Crippen LogP contribution >= 0.6 is 11.5 Å². The zero-order chi connectivity index (χ0) is 26.9. The number of hydrogen-bond acceptors (Lipinski definition) is 8. The number of carbonyl (C=O) groups is 1. The highest BCUT2D eigenvalue weighted by Crippen LogP contribution is 2.44. The van der Waals surface area contributed by atoms with Gasteiger partial charge in [0, 0.05) is 29.5 Å². The topological polar surface area (TPSA) is 171 Å². The predicted molar refractivity (Wildman–Crippen MR) is 144 cm³/mol. The summed E-state index contributed by atoms with van der Waals surface area (Å²) in [4.78, 5) is 16.8. The molecule has 206 valence electrons. The first-order valence-electron chi connectivity index (χ1n) is 11.4. The highest BCUT2D eigenvalue weighted by molar-refractivity contribution is 7.04. The lowest BCUT2D eigenvalue weighted by molar-refractivity contribution is -0.403. The molecule has 0 fully saturated rings. The lowest BCUT2D eigenvalue weighted by atomic mass is 10.0. The van der Waals surface area contributed by atoms with Crippen LogP contribution in [0.4, 0.5) is 5.69 Å². The molecule has 1 aromatic heterocycles. The van der Waals surface area contributed by atoms with Crippen LogP contribution in [-0.2, 0) is 4.79 Å². The molecule has 0 aliphatic carbocycles. The van der Waals surface area contributed by atoms with Crippen LogP contribution in [-0.4, -0.2) is 57.3 Å². The Morgan fingerprint density at radius 3 is 2.26 bits per heavy atom. The minimum Gasteiger partial charge on any atom is -1.00 e. The van der Waals surface area contributed by atoms with E-state index in [1.165, 1.54) is 11.5 Å². The summed E-state index contributed by atoms with van der Waals surface area (Å²) in [5.41, 5.74) is 18.5. The standard InChI is InChI=1S/C25H32N6O5S.ClH/c1-33-19-8-7-14(10-18(19)30-24(32)17(26)6-5-9-29-25(27)28)16-13-37-31-22(16)15-11-20(34-2)23(36-4)21(12-15)35-3;/h7-8,10-13,17H,5-6,9,26H2,1-4H3,(H,30,32)(H4,27,28,29);1H/t17-;/m0./s1. The van der Waals surface area contributed by atoms with Crippen LogP contribution in [0, 0.1) is 0 Å². The molecule has 0 spiro atoms. The van der Waals surface area contributed by atoms with Gasteiger partial charge in [-0.15, -0.1) is 0 Å². The van der Waals surface area contributed by atoms with Gasteiger partial charge in [0.15, 0.2) is 23.5 Å². The number of aromatic nitrogens is 1. The minimum absolute atomic E-state index is 0. The van der Waals surface area contributed by atoms with Crippen LogP contribution in [0.1, 0.15) is 12.8 Å². The van der Waals surface area contributed by atoms with Gasteiger partial charge in [-0.25, -0.2) is 0 Å². The molecule has 1 amide bonds. The van der Waals surface area contributed by atoms with E-state index in [0.717, 1.165) is 22.4 Å². The molecule has 3 rings (SSSR count). The number of amides is 1. The summed E-state index contributed by atoms with van der Waals surface area (Å²) in [6, 6.07) is 8.78. The molecular formula is C25H33ClN6O5S. The zero-order valence-electron chi connectivity index (χ0n) is 21.7. The molecule has 13 heteroatoms. The van der Waals surface area contributed by atoms with Gasteiger partial charge >= 0.3 is 0 Å². The number of quaternary nitrogens is 1. The van der Waals surface area contributed by atoms with Gasteiger partial charge in [0.25, 0.3) is 5.91 Å². The van der Waals surface area contributed by atoms with Crippen molar-refractivity contribution in [3.8, 4) is 45.4 Å². The van der Waals surface area contributed by atoms with Gasteiger partial charge in [-0.3, -0.25) is 9.79 Å². The van der Waals surface area contributed by atoms with E-state index < -0.39 is 6.04 Å². The number of nitrogens with two attached hydrogens (primary N) is 2. The second-order valence-electron chi connectivity index (χ2n) is 8.04. The van der Waals surface area contributed by atoms with Crippen molar-refractivity contribution in [3.63, 3.8) is 0 Å². The van der Waals surface area contributed by atoms with Crippen molar-refractivity contribution in [2.45, 2.75) is 18.9 Å². The quantitative estimate of drug-likeness (QED) is 0.125. The molecule has 8 N–H and O–H groups in total. The number of hydrogen-bond donors (Lipinski definition) is 4. The van der Waals surface area contributed by atoms with Crippen LogP contribution in [0.5, 0.6) is 23.0 Å². The smallest absolute Gasteiger partial charge is 0.282 e. The number of halogens is 1. The van der Waals surface area contributed by atoms with Gasteiger partial charge in [0.05, 0.1) is 39.8 Å². The Bertz CT molecular complexity index is 1240. The predicted octanol–water partition coefficient (Wildman–Crippen LogP) is -0.882.